The minimum Gasteiger partial charge on any atom is -0.444 e. The van der Waals surface area contributed by atoms with Crippen molar-refractivity contribution in [2.45, 2.75) is 20.0 Å². The van der Waals surface area contributed by atoms with E-state index < -0.39 is 15.3 Å². The van der Waals surface area contributed by atoms with Gasteiger partial charge in [-0.2, -0.15) is 12.7 Å². The monoisotopic (exact) mass is 291 g/mol. The Balaban J connectivity index is 2.63. The lowest BCUT2D eigenvalue weighted by Crippen LogP contribution is -2.34. The Bertz CT molecular complexity index is 489. The highest BCUT2D eigenvalue weighted by Gasteiger charge is 2.25. The molecule has 0 aliphatic carbocycles. The number of rotatable bonds is 5. The van der Waals surface area contributed by atoms with Gasteiger partial charge in [0.05, 0.1) is 0 Å². The zero-order valence-corrected chi connectivity index (χ0v) is 11.4. The van der Waals surface area contributed by atoms with Gasteiger partial charge < -0.3 is 4.74 Å². The molecule has 0 aliphatic heterocycles. The summed E-state index contributed by atoms with van der Waals surface area (Å²) in [5, 5.41) is 0. The van der Waals surface area contributed by atoms with Crippen LogP contribution in [0.15, 0.2) is 30.3 Å². The SMILES string of the molecule is CCCN(C(=O)OCc1ccccc1)S(=O)(=O)Cl. The van der Waals surface area contributed by atoms with Crippen molar-refractivity contribution >= 4 is 26.0 Å². The Kier molecular flexibility index (Phi) is 5.43. The molecule has 7 heteroatoms. The highest BCUT2D eigenvalue weighted by atomic mass is 35.7. The van der Waals surface area contributed by atoms with Crippen molar-refractivity contribution in [3.63, 3.8) is 0 Å². The molecule has 0 fully saturated rings. The molecule has 0 saturated carbocycles. The van der Waals surface area contributed by atoms with Crippen LogP contribution in [0.3, 0.4) is 0 Å². The second kappa shape index (κ2) is 6.61. The summed E-state index contributed by atoms with van der Waals surface area (Å²) >= 11 is 0. The maximum atomic E-state index is 11.6. The Morgan fingerprint density at radius 1 is 1.33 bits per heavy atom. The number of hydrogen-bond acceptors (Lipinski definition) is 4. The first-order valence-corrected chi connectivity index (χ1v) is 7.64. The van der Waals surface area contributed by atoms with E-state index in [1.807, 2.05) is 6.07 Å². The number of halogens is 1. The van der Waals surface area contributed by atoms with Gasteiger partial charge in [-0.25, -0.2) is 4.79 Å². The predicted molar refractivity (Wildman–Crippen MR) is 68.4 cm³/mol. The third-order valence-electron chi connectivity index (χ3n) is 2.10. The standard InChI is InChI=1S/C11H14ClNO4S/c1-2-8-13(18(12,15)16)11(14)17-9-10-6-4-3-5-7-10/h3-7H,2,8-9H2,1H3. The number of ether oxygens (including phenoxy) is 1. The van der Waals surface area contributed by atoms with Gasteiger partial charge in [0.15, 0.2) is 0 Å². The first-order valence-electron chi connectivity index (χ1n) is 5.38. The van der Waals surface area contributed by atoms with Crippen LogP contribution in [0.5, 0.6) is 0 Å². The highest BCUT2D eigenvalue weighted by molar-refractivity contribution is 8.12. The van der Waals surface area contributed by atoms with Crippen LogP contribution in [0.4, 0.5) is 4.79 Å². The van der Waals surface area contributed by atoms with Crippen molar-refractivity contribution in [3.8, 4) is 0 Å². The summed E-state index contributed by atoms with van der Waals surface area (Å²) in [4.78, 5) is 11.6. The van der Waals surface area contributed by atoms with E-state index in [9.17, 15) is 13.2 Å². The number of amides is 1. The Morgan fingerprint density at radius 3 is 2.44 bits per heavy atom. The molecule has 1 rings (SSSR count). The van der Waals surface area contributed by atoms with E-state index in [1.54, 1.807) is 31.2 Å². The Labute approximate surface area is 111 Å². The zero-order valence-electron chi connectivity index (χ0n) is 9.87. The third kappa shape index (κ3) is 4.54. The summed E-state index contributed by atoms with van der Waals surface area (Å²) in [5.41, 5.74) is 0.772. The van der Waals surface area contributed by atoms with Crippen LogP contribution in [0, 0.1) is 0 Å². The van der Waals surface area contributed by atoms with Crippen molar-refractivity contribution in [1.82, 2.24) is 4.31 Å². The topological polar surface area (TPSA) is 63.7 Å². The van der Waals surface area contributed by atoms with Crippen molar-refractivity contribution in [2.24, 2.45) is 0 Å². The summed E-state index contributed by atoms with van der Waals surface area (Å²) in [5.74, 6) is 0. The van der Waals surface area contributed by atoms with E-state index in [-0.39, 0.29) is 13.2 Å². The van der Waals surface area contributed by atoms with Gasteiger partial charge in [-0.3, -0.25) is 0 Å². The number of carbonyl (C=O) groups is 1. The fraction of sp³-hybridized carbons (Fsp3) is 0.364. The second-order valence-corrected chi connectivity index (χ2v) is 5.99. The molecule has 0 bridgehead atoms. The number of nitrogens with zero attached hydrogens (tertiary/aromatic N) is 1. The molecule has 0 saturated heterocycles. The van der Waals surface area contributed by atoms with Gasteiger partial charge in [-0.15, -0.1) is 0 Å². The molecule has 18 heavy (non-hydrogen) atoms. The number of carbonyl (C=O) groups excluding carboxylic acids is 1. The zero-order chi connectivity index (χ0) is 13.6. The first kappa shape index (κ1) is 14.8. The summed E-state index contributed by atoms with van der Waals surface area (Å²) < 4.78 is 27.7. The summed E-state index contributed by atoms with van der Waals surface area (Å²) in [6.45, 7) is 1.74. The predicted octanol–water partition coefficient (Wildman–Crippen LogP) is 2.52. The van der Waals surface area contributed by atoms with Crippen LogP contribution in [-0.4, -0.2) is 25.4 Å². The van der Waals surface area contributed by atoms with Crippen molar-refractivity contribution < 1.29 is 17.9 Å². The van der Waals surface area contributed by atoms with E-state index in [4.69, 9.17) is 15.4 Å². The normalized spacial score (nSPS) is 11.0. The molecular weight excluding hydrogens is 278 g/mol. The molecular formula is C11H14ClNO4S. The van der Waals surface area contributed by atoms with Crippen molar-refractivity contribution in [1.29, 1.82) is 0 Å². The van der Waals surface area contributed by atoms with Crippen LogP contribution in [0.25, 0.3) is 0 Å². The third-order valence-corrected chi connectivity index (χ3v) is 3.46. The molecule has 0 aliphatic rings. The van der Waals surface area contributed by atoms with Crippen LogP contribution in [-0.2, 0) is 20.6 Å². The lowest BCUT2D eigenvalue weighted by molar-refractivity contribution is 0.119. The lowest BCUT2D eigenvalue weighted by Gasteiger charge is -2.17. The van der Waals surface area contributed by atoms with E-state index in [1.165, 1.54) is 0 Å². The highest BCUT2D eigenvalue weighted by Crippen LogP contribution is 2.11. The van der Waals surface area contributed by atoms with Gasteiger partial charge in [0.1, 0.15) is 6.61 Å². The van der Waals surface area contributed by atoms with Crippen LogP contribution in [0.1, 0.15) is 18.9 Å². The summed E-state index contributed by atoms with van der Waals surface area (Å²) in [6.07, 6.45) is -0.498. The van der Waals surface area contributed by atoms with Crippen LogP contribution >= 0.6 is 10.7 Å². The molecule has 0 N–H and O–H groups in total. The van der Waals surface area contributed by atoms with Gasteiger partial charge in [0.2, 0.25) is 0 Å². The van der Waals surface area contributed by atoms with Gasteiger partial charge in [0.25, 0.3) is 0 Å². The molecule has 0 unspecified atom stereocenters. The summed E-state index contributed by atoms with van der Waals surface area (Å²) in [6, 6.07) is 8.97. The smallest absolute Gasteiger partial charge is 0.424 e. The Hall–Kier alpha value is -1.27. The van der Waals surface area contributed by atoms with Crippen LogP contribution < -0.4 is 0 Å². The fourth-order valence-electron chi connectivity index (χ4n) is 1.28. The molecule has 0 spiro atoms. The first-order chi connectivity index (χ1) is 8.45. The molecule has 5 nitrogen and oxygen atoms in total. The minimum atomic E-state index is -4.10. The van der Waals surface area contributed by atoms with Crippen LogP contribution in [0.2, 0.25) is 0 Å². The van der Waals surface area contributed by atoms with E-state index in [0.29, 0.717) is 10.7 Å². The average Bonchev–Trinajstić information content (AvgIpc) is 2.33. The van der Waals surface area contributed by atoms with Gasteiger partial charge in [-0.05, 0) is 12.0 Å². The number of hydrogen-bond donors (Lipinski definition) is 0. The van der Waals surface area contributed by atoms with E-state index >= 15 is 0 Å². The molecule has 0 atom stereocenters. The molecule has 0 aromatic heterocycles. The Morgan fingerprint density at radius 2 is 1.94 bits per heavy atom. The van der Waals surface area contributed by atoms with Crippen molar-refractivity contribution in [2.75, 3.05) is 6.54 Å². The van der Waals surface area contributed by atoms with Gasteiger partial charge in [0, 0.05) is 17.2 Å². The van der Waals surface area contributed by atoms with Gasteiger partial charge in [-0.1, -0.05) is 37.3 Å². The minimum absolute atomic E-state index is 0.000539. The molecule has 1 aromatic rings. The number of benzene rings is 1. The second-order valence-electron chi connectivity index (χ2n) is 3.55. The summed E-state index contributed by atoms with van der Waals surface area (Å²) in [7, 11) is 1.05. The lowest BCUT2D eigenvalue weighted by atomic mass is 10.2. The molecule has 1 amide bonds. The van der Waals surface area contributed by atoms with Crippen molar-refractivity contribution in [3.05, 3.63) is 35.9 Å². The molecule has 1 aromatic carbocycles. The maximum absolute atomic E-state index is 11.6. The molecule has 0 heterocycles. The van der Waals surface area contributed by atoms with Gasteiger partial charge >= 0.3 is 15.3 Å². The molecule has 100 valence electrons. The largest absolute Gasteiger partial charge is 0.444 e. The maximum Gasteiger partial charge on any atom is 0.424 e. The average molecular weight is 292 g/mol. The van der Waals surface area contributed by atoms with E-state index in [0.717, 1.165) is 5.56 Å². The quantitative estimate of drug-likeness (QED) is 0.782. The van der Waals surface area contributed by atoms with E-state index in [2.05, 4.69) is 0 Å². The molecule has 0 radical (unpaired) electrons. The fourth-order valence-corrected chi connectivity index (χ4v) is 2.29.